The summed E-state index contributed by atoms with van der Waals surface area (Å²) >= 11 is 1.49. The summed E-state index contributed by atoms with van der Waals surface area (Å²) in [4.78, 5) is 11.0. The van der Waals surface area contributed by atoms with Crippen LogP contribution in [0.25, 0.3) is 11.1 Å². The third-order valence-corrected chi connectivity index (χ3v) is 5.36. The van der Waals surface area contributed by atoms with Crippen LogP contribution < -0.4 is 0 Å². The van der Waals surface area contributed by atoms with E-state index >= 15 is 0 Å². The van der Waals surface area contributed by atoms with Gasteiger partial charge in [-0.15, -0.1) is 0 Å². The smallest absolute Gasteiger partial charge is 0.258 e. The van der Waals surface area contributed by atoms with Crippen molar-refractivity contribution in [2.45, 2.75) is 32.4 Å². The normalized spacial score (nSPS) is 13.8. The molecule has 0 saturated heterocycles. The van der Waals surface area contributed by atoms with Gasteiger partial charge in [-0.05, 0) is 56.2 Å². The summed E-state index contributed by atoms with van der Waals surface area (Å²) in [5.41, 5.74) is 2.55. The van der Waals surface area contributed by atoms with Crippen molar-refractivity contribution in [3.8, 4) is 11.1 Å². The van der Waals surface area contributed by atoms with Gasteiger partial charge in [0.2, 0.25) is 0 Å². The maximum absolute atomic E-state index is 12.1. The van der Waals surface area contributed by atoms with Crippen LogP contribution in [0.4, 0.5) is 5.69 Å². The summed E-state index contributed by atoms with van der Waals surface area (Å²) in [6.45, 7) is 7.22. The summed E-state index contributed by atoms with van der Waals surface area (Å²) in [5, 5.41) is 15.1. The van der Waals surface area contributed by atoms with Crippen LogP contribution in [0.1, 0.15) is 33.3 Å². The van der Waals surface area contributed by atoms with Crippen molar-refractivity contribution in [1.29, 1.82) is 0 Å². The average molecular weight is 350 g/mol. The fourth-order valence-corrected chi connectivity index (χ4v) is 3.17. The molecule has 23 heavy (non-hydrogen) atoms. The van der Waals surface area contributed by atoms with E-state index in [1.54, 1.807) is 19.1 Å². The van der Waals surface area contributed by atoms with E-state index in [0.717, 1.165) is 5.56 Å². The van der Waals surface area contributed by atoms with Crippen LogP contribution in [-0.2, 0) is 11.0 Å². The van der Waals surface area contributed by atoms with Crippen LogP contribution in [0.2, 0.25) is 0 Å². The van der Waals surface area contributed by atoms with Crippen molar-refractivity contribution >= 4 is 33.7 Å². The third kappa shape index (κ3) is 4.11. The number of benzene rings is 1. The molecule has 2 aromatic rings. The molecule has 1 aromatic carbocycles. The van der Waals surface area contributed by atoms with E-state index in [4.69, 9.17) is 0 Å². The molecule has 1 aromatic heterocycles. The number of hydrogen-bond donors (Lipinski definition) is 0. The molecule has 5 nitrogen and oxygen atoms in total. The van der Waals surface area contributed by atoms with E-state index in [1.165, 1.54) is 17.4 Å². The van der Waals surface area contributed by atoms with Gasteiger partial charge in [-0.1, -0.05) is 6.07 Å². The highest BCUT2D eigenvalue weighted by Gasteiger charge is 2.21. The van der Waals surface area contributed by atoms with Gasteiger partial charge in [0.25, 0.3) is 5.69 Å². The zero-order valence-corrected chi connectivity index (χ0v) is 15.0. The fraction of sp³-hybridized carbons (Fsp3) is 0.312. The molecule has 2 rings (SSSR count). The first-order valence-electron chi connectivity index (χ1n) is 6.99. The number of nitro benzene ring substituents is 1. The third-order valence-electron chi connectivity index (χ3n) is 3.19. The SMILES string of the molecule is C/C(=N/S(=O)C(C)(C)C)c1ccc(-c2ccsc2)c([N+](=O)[O-])c1. The summed E-state index contributed by atoms with van der Waals surface area (Å²) < 4.78 is 15.8. The van der Waals surface area contributed by atoms with E-state index in [1.807, 2.05) is 37.6 Å². The molecule has 1 atom stereocenters. The maximum Gasteiger partial charge on any atom is 0.277 e. The van der Waals surface area contributed by atoms with E-state index in [0.29, 0.717) is 16.8 Å². The van der Waals surface area contributed by atoms with Crippen LogP contribution in [0, 0.1) is 10.1 Å². The number of nitro groups is 1. The van der Waals surface area contributed by atoms with Crippen molar-refractivity contribution in [3.63, 3.8) is 0 Å². The van der Waals surface area contributed by atoms with Gasteiger partial charge in [-0.3, -0.25) is 10.1 Å². The molecule has 7 heteroatoms. The summed E-state index contributed by atoms with van der Waals surface area (Å²) in [7, 11) is -1.40. The molecule has 0 radical (unpaired) electrons. The van der Waals surface area contributed by atoms with Gasteiger partial charge < -0.3 is 0 Å². The van der Waals surface area contributed by atoms with E-state index in [-0.39, 0.29) is 5.69 Å². The Bertz CT molecular complexity index is 775. The van der Waals surface area contributed by atoms with E-state index in [9.17, 15) is 14.3 Å². The standard InChI is InChI=1S/C16H18N2O3S2/c1-11(17-23(21)16(2,3)4)12-5-6-14(13-7-8-22-10-13)15(9-12)18(19)20/h5-10H,1-4H3/b17-11-. The van der Waals surface area contributed by atoms with Crippen LogP contribution in [0.5, 0.6) is 0 Å². The van der Waals surface area contributed by atoms with Crippen molar-refractivity contribution < 1.29 is 9.13 Å². The summed E-state index contributed by atoms with van der Waals surface area (Å²) in [5.74, 6) is 0. The van der Waals surface area contributed by atoms with Gasteiger partial charge in [-0.2, -0.15) is 15.7 Å². The zero-order chi connectivity index (χ0) is 17.2. The lowest BCUT2D eigenvalue weighted by atomic mass is 10.0. The Kier molecular flexibility index (Phi) is 5.11. The maximum atomic E-state index is 12.1. The minimum absolute atomic E-state index is 0.0250. The van der Waals surface area contributed by atoms with Crippen LogP contribution in [0.3, 0.4) is 0 Å². The van der Waals surface area contributed by atoms with Crippen LogP contribution in [0.15, 0.2) is 39.4 Å². The largest absolute Gasteiger partial charge is 0.277 e. The summed E-state index contributed by atoms with van der Waals surface area (Å²) in [6.07, 6.45) is 0. The number of nitrogens with zero attached hydrogens (tertiary/aromatic N) is 2. The van der Waals surface area contributed by atoms with Crippen LogP contribution in [-0.4, -0.2) is 19.6 Å². The lowest BCUT2D eigenvalue weighted by molar-refractivity contribution is -0.384. The minimum Gasteiger partial charge on any atom is -0.258 e. The lowest BCUT2D eigenvalue weighted by Gasteiger charge is -2.14. The van der Waals surface area contributed by atoms with Gasteiger partial charge in [0, 0.05) is 11.6 Å². The molecule has 0 bridgehead atoms. The van der Waals surface area contributed by atoms with Gasteiger partial charge in [0.1, 0.15) is 11.0 Å². The molecule has 0 spiro atoms. The first-order chi connectivity index (χ1) is 10.7. The highest BCUT2D eigenvalue weighted by atomic mass is 32.2. The van der Waals surface area contributed by atoms with Crippen molar-refractivity contribution in [3.05, 3.63) is 50.7 Å². The van der Waals surface area contributed by atoms with E-state index < -0.39 is 20.7 Å². The predicted octanol–water partition coefficient (Wildman–Crippen LogP) is 4.59. The van der Waals surface area contributed by atoms with Gasteiger partial charge in [0.05, 0.1) is 20.9 Å². The second-order valence-corrected chi connectivity index (χ2v) is 8.72. The summed E-state index contributed by atoms with van der Waals surface area (Å²) in [6, 6.07) is 6.83. The molecule has 0 fully saturated rings. The Morgan fingerprint density at radius 2 is 2.00 bits per heavy atom. The first-order valence-corrected chi connectivity index (χ1v) is 9.04. The quantitative estimate of drug-likeness (QED) is 0.460. The highest BCUT2D eigenvalue weighted by molar-refractivity contribution is 7.85. The molecule has 0 saturated carbocycles. The molecular formula is C16H18N2O3S2. The second-order valence-electron chi connectivity index (χ2n) is 6.04. The van der Waals surface area contributed by atoms with Crippen LogP contribution >= 0.6 is 11.3 Å². The van der Waals surface area contributed by atoms with Gasteiger partial charge >= 0.3 is 0 Å². The topological polar surface area (TPSA) is 72.6 Å². The molecule has 1 unspecified atom stereocenters. The van der Waals surface area contributed by atoms with Crippen molar-refractivity contribution in [1.82, 2.24) is 0 Å². The molecule has 0 N–H and O–H groups in total. The molecule has 0 aliphatic heterocycles. The highest BCUT2D eigenvalue weighted by Crippen LogP contribution is 2.32. The van der Waals surface area contributed by atoms with Gasteiger partial charge in [-0.25, -0.2) is 4.21 Å². The minimum atomic E-state index is -1.40. The molecule has 0 aliphatic carbocycles. The predicted molar refractivity (Wildman–Crippen MR) is 96.5 cm³/mol. The van der Waals surface area contributed by atoms with Crippen molar-refractivity contribution in [2.75, 3.05) is 0 Å². The second kappa shape index (κ2) is 6.72. The number of thiophene rings is 1. The molecule has 0 amide bonds. The first kappa shape index (κ1) is 17.5. The molecular weight excluding hydrogens is 332 g/mol. The fourth-order valence-electron chi connectivity index (χ4n) is 1.88. The Morgan fingerprint density at radius 1 is 1.30 bits per heavy atom. The molecule has 0 aliphatic rings. The van der Waals surface area contributed by atoms with E-state index in [2.05, 4.69) is 4.40 Å². The lowest BCUT2D eigenvalue weighted by Crippen LogP contribution is -2.20. The Morgan fingerprint density at radius 3 is 2.52 bits per heavy atom. The zero-order valence-electron chi connectivity index (χ0n) is 13.4. The molecule has 122 valence electrons. The average Bonchev–Trinajstić information content (AvgIpc) is 2.99. The van der Waals surface area contributed by atoms with Crippen molar-refractivity contribution in [2.24, 2.45) is 4.40 Å². The van der Waals surface area contributed by atoms with Gasteiger partial charge in [0.15, 0.2) is 0 Å². The Hall–Kier alpha value is -1.86. The number of hydrogen-bond acceptors (Lipinski definition) is 4. The Balaban J connectivity index is 2.46. The molecule has 1 heterocycles. The Labute approximate surface area is 141 Å². The number of rotatable bonds is 4. The monoisotopic (exact) mass is 350 g/mol.